The summed E-state index contributed by atoms with van der Waals surface area (Å²) in [5, 5.41) is 4.22. The molecule has 0 aliphatic carbocycles. The van der Waals surface area contributed by atoms with Gasteiger partial charge in [-0.15, -0.1) is 0 Å². The molecule has 22 heavy (non-hydrogen) atoms. The molecule has 1 heterocycles. The van der Waals surface area contributed by atoms with Gasteiger partial charge in [0.2, 0.25) is 5.91 Å². The highest BCUT2D eigenvalue weighted by atomic mass is 35.5. The number of piperidine rings is 1. The van der Waals surface area contributed by atoms with Crippen LogP contribution in [0.25, 0.3) is 0 Å². The van der Waals surface area contributed by atoms with E-state index in [1.54, 1.807) is 11.8 Å². The molecule has 0 spiro atoms. The van der Waals surface area contributed by atoms with Gasteiger partial charge in [-0.2, -0.15) is 11.8 Å². The molecule has 0 aromatic heterocycles. The van der Waals surface area contributed by atoms with E-state index in [4.69, 9.17) is 23.2 Å². The van der Waals surface area contributed by atoms with Crippen molar-refractivity contribution in [2.45, 2.75) is 18.6 Å². The second-order valence-electron chi connectivity index (χ2n) is 5.69. The van der Waals surface area contributed by atoms with Crippen molar-refractivity contribution in [1.82, 2.24) is 10.2 Å². The lowest BCUT2D eigenvalue weighted by atomic mass is 9.98. The number of benzene rings is 1. The van der Waals surface area contributed by atoms with Crippen LogP contribution in [0.1, 0.15) is 18.4 Å². The molecule has 3 nitrogen and oxygen atoms in total. The highest BCUT2D eigenvalue weighted by molar-refractivity contribution is 7.98. The molecule has 1 aromatic rings. The summed E-state index contributed by atoms with van der Waals surface area (Å²) in [7, 11) is 2.08. The standard InChI is InChI=1S/C16H22Cl2N2OS/c1-20-7-2-3-13(10-20)16(21)19-6-8-22-11-12-4-5-14(17)15(18)9-12/h4-5,9,13H,2-3,6-8,10-11H2,1H3,(H,19,21). The van der Waals surface area contributed by atoms with Gasteiger partial charge >= 0.3 is 0 Å². The van der Waals surface area contributed by atoms with E-state index in [-0.39, 0.29) is 11.8 Å². The molecule has 1 unspecified atom stereocenters. The molecular weight excluding hydrogens is 339 g/mol. The molecule has 122 valence electrons. The highest BCUT2D eigenvalue weighted by Crippen LogP contribution is 2.24. The molecule has 1 aliphatic heterocycles. The van der Waals surface area contributed by atoms with Crippen molar-refractivity contribution in [3.63, 3.8) is 0 Å². The van der Waals surface area contributed by atoms with Gasteiger partial charge in [-0.25, -0.2) is 0 Å². The normalized spacial score (nSPS) is 19.1. The van der Waals surface area contributed by atoms with E-state index < -0.39 is 0 Å². The van der Waals surface area contributed by atoms with Crippen LogP contribution in [0, 0.1) is 5.92 Å². The number of thioether (sulfide) groups is 1. The van der Waals surface area contributed by atoms with E-state index in [1.807, 2.05) is 18.2 Å². The summed E-state index contributed by atoms with van der Waals surface area (Å²) in [6, 6.07) is 5.70. The Bertz CT molecular complexity index is 513. The van der Waals surface area contributed by atoms with E-state index in [1.165, 1.54) is 0 Å². The number of amides is 1. The predicted molar refractivity (Wildman–Crippen MR) is 95.9 cm³/mol. The van der Waals surface area contributed by atoms with Gasteiger partial charge in [-0.3, -0.25) is 4.79 Å². The predicted octanol–water partition coefficient (Wildman–Crippen LogP) is 3.68. The topological polar surface area (TPSA) is 32.3 Å². The molecule has 1 N–H and O–H groups in total. The molecular formula is C16H22Cl2N2OS. The van der Waals surface area contributed by atoms with Crippen molar-refractivity contribution < 1.29 is 4.79 Å². The van der Waals surface area contributed by atoms with Crippen LogP contribution in [0.4, 0.5) is 0 Å². The Morgan fingerprint density at radius 3 is 2.95 bits per heavy atom. The summed E-state index contributed by atoms with van der Waals surface area (Å²) in [5.74, 6) is 2.12. The van der Waals surface area contributed by atoms with Gasteiger partial charge < -0.3 is 10.2 Å². The Balaban J connectivity index is 1.62. The molecule has 1 aliphatic rings. The molecule has 0 radical (unpaired) electrons. The van der Waals surface area contributed by atoms with Crippen LogP contribution in [0.2, 0.25) is 10.0 Å². The maximum Gasteiger partial charge on any atom is 0.224 e. The van der Waals surface area contributed by atoms with E-state index in [2.05, 4.69) is 17.3 Å². The first kappa shape index (κ1) is 17.9. The third kappa shape index (κ3) is 5.65. The summed E-state index contributed by atoms with van der Waals surface area (Å²) in [6.07, 6.45) is 2.12. The zero-order chi connectivity index (χ0) is 15.9. The number of carbonyl (C=O) groups excluding carboxylic acids is 1. The SMILES string of the molecule is CN1CCCC(C(=O)NCCSCc2ccc(Cl)c(Cl)c2)C1. The lowest BCUT2D eigenvalue weighted by Gasteiger charge is -2.28. The first-order chi connectivity index (χ1) is 10.6. The largest absolute Gasteiger partial charge is 0.355 e. The van der Waals surface area contributed by atoms with E-state index in [0.717, 1.165) is 43.0 Å². The molecule has 1 atom stereocenters. The summed E-state index contributed by atoms with van der Waals surface area (Å²) >= 11 is 13.7. The fraction of sp³-hybridized carbons (Fsp3) is 0.562. The van der Waals surface area contributed by atoms with Crippen LogP contribution in [0.5, 0.6) is 0 Å². The number of rotatable bonds is 6. The van der Waals surface area contributed by atoms with Crippen molar-refractivity contribution in [1.29, 1.82) is 0 Å². The molecule has 1 amide bonds. The maximum absolute atomic E-state index is 12.1. The Kier molecular flexibility index (Phi) is 7.35. The highest BCUT2D eigenvalue weighted by Gasteiger charge is 2.23. The fourth-order valence-electron chi connectivity index (χ4n) is 2.59. The number of carbonyl (C=O) groups is 1. The van der Waals surface area contributed by atoms with Gasteiger partial charge in [-0.1, -0.05) is 29.3 Å². The van der Waals surface area contributed by atoms with Crippen molar-refractivity contribution >= 4 is 40.9 Å². The van der Waals surface area contributed by atoms with Crippen LogP contribution in [0.3, 0.4) is 0 Å². The van der Waals surface area contributed by atoms with Crippen molar-refractivity contribution in [3.05, 3.63) is 33.8 Å². The smallest absolute Gasteiger partial charge is 0.224 e. The van der Waals surface area contributed by atoms with E-state index in [9.17, 15) is 4.79 Å². The van der Waals surface area contributed by atoms with Crippen LogP contribution < -0.4 is 5.32 Å². The van der Waals surface area contributed by atoms with Gasteiger partial charge in [0, 0.05) is 24.6 Å². The molecule has 1 saturated heterocycles. The van der Waals surface area contributed by atoms with Crippen molar-refractivity contribution in [2.75, 3.05) is 32.4 Å². The average Bonchev–Trinajstić information content (AvgIpc) is 2.50. The van der Waals surface area contributed by atoms with Gasteiger partial charge in [-0.05, 0) is 44.1 Å². The lowest BCUT2D eigenvalue weighted by molar-refractivity contribution is -0.126. The Labute approximate surface area is 146 Å². The number of nitrogens with one attached hydrogen (secondary N) is 1. The zero-order valence-electron chi connectivity index (χ0n) is 12.8. The molecule has 2 rings (SSSR count). The van der Waals surface area contributed by atoms with Gasteiger partial charge in [0.1, 0.15) is 0 Å². The third-order valence-electron chi connectivity index (χ3n) is 3.79. The molecule has 6 heteroatoms. The zero-order valence-corrected chi connectivity index (χ0v) is 15.1. The van der Waals surface area contributed by atoms with Crippen LogP contribution in [-0.4, -0.2) is 43.2 Å². The van der Waals surface area contributed by atoms with Crippen LogP contribution >= 0.6 is 35.0 Å². The van der Waals surface area contributed by atoms with Gasteiger partial charge in [0.15, 0.2) is 0 Å². The quantitative estimate of drug-likeness (QED) is 0.785. The summed E-state index contributed by atoms with van der Waals surface area (Å²) in [5.41, 5.74) is 1.15. The van der Waals surface area contributed by atoms with Crippen molar-refractivity contribution in [3.8, 4) is 0 Å². The van der Waals surface area contributed by atoms with Gasteiger partial charge in [0.05, 0.1) is 16.0 Å². The molecule has 0 saturated carbocycles. The summed E-state index contributed by atoms with van der Waals surface area (Å²) in [4.78, 5) is 14.3. The second-order valence-corrected chi connectivity index (χ2v) is 7.61. The fourth-order valence-corrected chi connectivity index (χ4v) is 3.72. The minimum atomic E-state index is 0.152. The Morgan fingerprint density at radius 2 is 2.23 bits per heavy atom. The number of nitrogens with zero attached hydrogens (tertiary/aromatic N) is 1. The first-order valence-corrected chi connectivity index (χ1v) is 9.45. The monoisotopic (exact) mass is 360 g/mol. The average molecular weight is 361 g/mol. The first-order valence-electron chi connectivity index (χ1n) is 7.54. The Morgan fingerprint density at radius 1 is 1.41 bits per heavy atom. The Hall–Kier alpha value is -0.420. The summed E-state index contributed by atoms with van der Waals surface area (Å²) < 4.78 is 0. The van der Waals surface area contributed by atoms with Crippen LogP contribution in [-0.2, 0) is 10.5 Å². The minimum Gasteiger partial charge on any atom is -0.355 e. The van der Waals surface area contributed by atoms with E-state index >= 15 is 0 Å². The minimum absolute atomic E-state index is 0.152. The van der Waals surface area contributed by atoms with E-state index in [0.29, 0.717) is 16.6 Å². The lowest BCUT2D eigenvalue weighted by Crippen LogP contribution is -2.41. The molecule has 0 bridgehead atoms. The number of halogens is 2. The number of hydrogen-bond acceptors (Lipinski definition) is 3. The second kappa shape index (κ2) is 9.02. The van der Waals surface area contributed by atoms with Crippen molar-refractivity contribution in [2.24, 2.45) is 5.92 Å². The summed E-state index contributed by atoms with van der Waals surface area (Å²) in [6.45, 7) is 2.69. The van der Waals surface area contributed by atoms with Gasteiger partial charge in [0.25, 0.3) is 0 Å². The number of likely N-dealkylation sites (tertiary alicyclic amines) is 1. The maximum atomic E-state index is 12.1. The van der Waals surface area contributed by atoms with Crippen LogP contribution in [0.15, 0.2) is 18.2 Å². The molecule has 1 fully saturated rings. The molecule has 1 aromatic carbocycles. The third-order valence-corrected chi connectivity index (χ3v) is 5.56. The number of hydrogen-bond donors (Lipinski definition) is 1.